The number of aliphatic hydroxyl groups is 1. The van der Waals surface area contributed by atoms with E-state index in [-0.39, 0.29) is 18.7 Å². The van der Waals surface area contributed by atoms with Gasteiger partial charge >= 0.3 is 5.97 Å². The van der Waals surface area contributed by atoms with Gasteiger partial charge in [0.25, 0.3) is 0 Å². The van der Waals surface area contributed by atoms with Gasteiger partial charge in [-0.05, 0) is 12.6 Å². The van der Waals surface area contributed by atoms with E-state index in [1.807, 2.05) is 30.3 Å². The molecule has 6 atom stereocenters. The van der Waals surface area contributed by atoms with E-state index in [4.69, 9.17) is 9.47 Å². The summed E-state index contributed by atoms with van der Waals surface area (Å²) in [6.45, 7) is -0.226. The Labute approximate surface area is 147 Å². The zero-order chi connectivity index (χ0) is 17.3. The van der Waals surface area contributed by atoms with Gasteiger partial charge < -0.3 is 14.6 Å². The Bertz CT molecular complexity index is 551. The summed E-state index contributed by atoms with van der Waals surface area (Å²) in [5.74, 6) is -0.915. The summed E-state index contributed by atoms with van der Waals surface area (Å²) in [4.78, 5) is 14.8. The number of aliphatic hydroxyl groups excluding tert-OH is 1. The van der Waals surface area contributed by atoms with Crippen LogP contribution in [0.25, 0.3) is 0 Å². The molecule has 0 radical (unpaired) electrons. The number of hydrogen-bond acceptors (Lipinski definition) is 5. The molecule has 3 aliphatic heterocycles. The van der Waals surface area contributed by atoms with Crippen LogP contribution in [0, 0.1) is 0 Å². The quantitative estimate of drug-likeness (QED) is 0.508. The summed E-state index contributed by atoms with van der Waals surface area (Å²) >= 11 is 4.64. The third-order valence-corrected chi connectivity index (χ3v) is 5.33. The second kappa shape index (κ2) is 7.40. The Balaban J connectivity index is 0.000000815. The molecule has 132 valence electrons. The van der Waals surface area contributed by atoms with Crippen molar-refractivity contribution in [2.45, 2.75) is 49.2 Å². The van der Waals surface area contributed by atoms with Crippen molar-refractivity contribution in [2.75, 3.05) is 20.0 Å². The summed E-state index contributed by atoms with van der Waals surface area (Å²) in [6, 6.07) is 10.1. The third-order valence-electron chi connectivity index (χ3n) is 5.33. The van der Waals surface area contributed by atoms with Crippen LogP contribution in [0.4, 0.5) is 0 Å². The SMILES string of the molecule is CCl.CN1[C@@H]2C[C@@H](OC(=O)[C@H](CO)c3ccccc3)C[C@H]1[C@@H]1O[C@@H]12. The van der Waals surface area contributed by atoms with Crippen LogP contribution in [0.1, 0.15) is 24.3 Å². The van der Waals surface area contributed by atoms with E-state index in [1.54, 1.807) is 0 Å². The van der Waals surface area contributed by atoms with Crippen molar-refractivity contribution in [1.82, 2.24) is 4.90 Å². The first-order valence-electron chi connectivity index (χ1n) is 8.30. The highest BCUT2D eigenvalue weighted by atomic mass is 35.5. The molecule has 4 rings (SSSR count). The number of fused-ring (bicyclic) bond motifs is 5. The number of morpholine rings is 1. The monoisotopic (exact) mass is 353 g/mol. The van der Waals surface area contributed by atoms with E-state index in [0.29, 0.717) is 24.3 Å². The summed E-state index contributed by atoms with van der Waals surface area (Å²) in [7, 11) is 2.13. The lowest BCUT2D eigenvalue weighted by Crippen LogP contribution is -2.48. The average molecular weight is 354 g/mol. The normalized spacial score (nSPS) is 34.6. The lowest BCUT2D eigenvalue weighted by molar-refractivity contribution is -0.156. The van der Waals surface area contributed by atoms with Gasteiger partial charge in [0.15, 0.2) is 0 Å². The number of halogens is 1. The number of carbonyl (C=O) groups excluding carboxylic acids is 1. The van der Waals surface area contributed by atoms with E-state index in [0.717, 1.165) is 18.4 Å². The Hall–Kier alpha value is -1.14. The molecule has 6 heteroatoms. The Morgan fingerprint density at radius 3 is 2.42 bits per heavy atom. The first-order valence-corrected chi connectivity index (χ1v) is 9.06. The number of esters is 1. The number of hydrogen-bond donors (Lipinski definition) is 1. The van der Waals surface area contributed by atoms with Crippen molar-refractivity contribution in [2.24, 2.45) is 0 Å². The fourth-order valence-corrected chi connectivity index (χ4v) is 4.04. The molecule has 1 aromatic rings. The van der Waals surface area contributed by atoms with Crippen LogP contribution in [-0.2, 0) is 14.3 Å². The molecular formula is C18H24ClNO4. The molecule has 0 amide bonds. The molecule has 0 aliphatic carbocycles. The molecule has 0 unspecified atom stereocenters. The lowest BCUT2D eigenvalue weighted by atomic mass is 9.97. The van der Waals surface area contributed by atoms with Gasteiger partial charge in [0.05, 0.1) is 6.61 Å². The first-order chi connectivity index (χ1) is 11.7. The van der Waals surface area contributed by atoms with Crippen LogP contribution >= 0.6 is 11.6 Å². The van der Waals surface area contributed by atoms with Crippen LogP contribution in [-0.4, -0.2) is 66.4 Å². The van der Waals surface area contributed by atoms with Crippen molar-refractivity contribution in [3.05, 3.63) is 35.9 Å². The molecule has 3 fully saturated rings. The number of likely N-dealkylation sites (N-methyl/N-ethyl adjacent to an activating group) is 1. The highest BCUT2D eigenvalue weighted by Crippen LogP contribution is 2.48. The average Bonchev–Trinajstić information content (AvgIpc) is 3.36. The summed E-state index contributed by atoms with van der Waals surface area (Å²) < 4.78 is 11.4. The van der Waals surface area contributed by atoms with Gasteiger partial charge in [-0.25, -0.2) is 0 Å². The molecular weight excluding hydrogens is 330 g/mol. The zero-order valence-electron chi connectivity index (χ0n) is 14.0. The minimum Gasteiger partial charge on any atom is -0.462 e. The van der Waals surface area contributed by atoms with Crippen LogP contribution < -0.4 is 0 Å². The molecule has 3 saturated heterocycles. The predicted octanol–water partition coefficient (Wildman–Crippen LogP) is 1.77. The Kier molecular flexibility index (Phi) is 5.45. The number of carbonyl (C=O) groups is 1. The van der Waals surface area contributed by atoms with Gasteiger partial charge in [0.1, 0.15) is 24.2 Å². The van der Waals surface area contributed by atoms with Gasteiger partial charge in [-0.1, -0.05) is 30.3 Å². The number of epoxide rings is 1. The van der Waals surface area contributed by atoms with Crippen LogP contribution in [0.15, 0.2) is 30.3 Å². The number of alkyl halides is 1. The smallest absolute Gasteiger partial charge is 0.316 e. The van der Waals surface area contributed by atoms with E-state index in [9.17, 15) is 9.90 Å². The van der Waals surface area contributed by atoms with E-state index >= 15 is 0 Å². The Morgan fingerprint density at radius 1 is 1.29 bits per heavy atom. The van der Waals surface area contributed by atoms with E-state index in [2.05, 4.69) is 23.5 Å². The molecule has 5 nitrogen and oxygen atoms in total. The maximum absolute atomic E-state index is 12.4. The number of nitrogens with zero attached hydrogens (tertiary/aromatic N) is 1. The molecule has 1 aromatic carbocycles. The molecule has 1 N–H and O–H groups in total. The van der Waals surface area contributed by atoms with Gasteiger partial charge in [0.2, 0.25) is 0 Å². The first kappa shape index (κ1) is 17.7. The summed E-state index contributed by atoms with van der Waals surface area (Å²) in [6.07, 6.45) is 3.73. The standard InChI is InChI=1S/C17H21NO4.CH3Cl/c1-18-13-7-11(8-14(18)16-15(13)22-16)21-17(20)12(9-19)10-5-3-2-4-6-10;1-2/h2-6,11-16,19H,7-9H2,1H3;1H3/t11-,12-,13-,14+,15-,16+;/m1./s1. The number of rotatable bonds is 4. The maximum atomic E-state index is 12.4. The van der Waals surface area contributed by atoms with Crippen molar-refractivity contribution in [3.8, 4) is 0 Å². The third kappa shape index (κ3) is 3.18. The minimum absolute atomic E-state index is 0.0622. The summed E-state index contributed by atoms with van der Waals surface area (Å²) in [5, 5.41) is 9.56. The second-order valence-electron chi connectivity index (χ2n) is 6.54. The molecule has 2 bridgehead atoms. The highest BCUT2D eigenvalue weighted by Gasteiger charge is 2.62. The summed E-state index contributed by atoms with van der Waals surface area (Å²) in [5.41, 5.74) is 0.803. The topological polar surface area (TPSA) is 62.3 Å². The molecule has 0 spiro atoms. The van der Waals surface area contributed by atoms with E-state index < -0.39 is 5.92 Å². The zero-order valence-corrected chi connectivity index (χ0v) is 14.7. The fraction of sp³-hybridized carbons (Fsp3) is 0.611. The number of ether oxygens (including phenoxy) is 2. The molecule has 3 heterocycles. The predicted molar refractivity (Wildman–Crippen MR) is 91.2 cm³/mol. The maximum Gasteiger partial charge on any atom is 0.316 e. The highest BCUT2D eigenvalue weighted by molar-refractivity contribution is 6.15. The van der Waals surface area contributed by atoms with E-state index in [1.165, 1.54) is 6.38 Å². The second-order valence-corrected chi connectivity index (χ2v) is 6.54. The van der Waals surface area contributed by atoms with Gasteiger partial charge in [-0.3, -0.25) is 9.69 Å². The van der Waals surface area contributed by atoms with Crippen LogP contribution in [0.5, 0.6) is 0 Å². The van der Waals surface area contributed by atoms with Crippen molar-refractivity contribution in [1.29, 1.82) is 0 Å². The van der Waals surface area contributed by atoms with Gasteiger partial charge in [-0.15, -0.1) is 11.6 Å². The minimum atomic E-state index is -0.593. The fourth-order valence-electron chi connectivity index (χ4n) is 4.04. The molecule has 3 aliphatic rings. The molecule has 0 aromatic heterocycles. The van der Waals surface area contributed by atoms with Crippen LogP contribution in [0.3, 0.4) is 0 Å². The van der Waals surface area contributed by atoms with Crippen molar-refractivity contribution in [3.63, 3.8) is 0 Å². The lowest BCUT2D eigenvalue weighted by Gasteiger charge is -2.38. The number of piperidine rings is 1. The van der Waals surface area contributed by atoms with Gasteiger partial charge in [0, 0.05) is 31.3 Å². The number of benzene rings is 1. The van der Waals surface area contributed by atoms with Crippen molar-refractivity contribution < 1.29 is 19.4 Å². The van der Waals surface area contributed by atoms with Crippen molar-refractivity contribution >= 4 is 17.6 Å². The van der Waals surface area contributed by atoms with Gasteiger partial charge in [-0.2, -0.15) is 0 Å². The van der Waals surface area contributed by atoms with Crippen LogP contribution in [0.2, 0.25) is 0 Å². The largest absolute Gasteiger partial charge is 0.462 e. The molecule has 24 heavy (non-hydrogen) atoms. The Morgan fingerprint density at radius 2 is 1.88 bits per heavy atom. The molecule has 0 saturated carbocycles.